The summed E-state index contributed by atoms with van der Waals surface area (Å²) in [4.78, 5) is 21.6. The minimum atomic E-state index is -4.48. The van der Waals surface area contributed by atoms with Crippen LogP contribution < -0.4 is 10.6 Å². The first-order valence-corrected chi connectivity index (χ1v) is 10.0. The fourth-order valence-corrected chi connectivity index (χ4v) is 3.00. The van der Waals surface area contributed by atoms with Crippen LogP contribution in [0.3, 0.4) is 0 Å². The van der Waals surface area contributed by atoms with E-state index < -0.39 is 17.8 Å². The van der Waals surface area contributed by atoms with Crippen LogP contribution >= 0.6 is 0 Å². The molecule has 4 heterocycles. The van der Waals surface area contributed by atoms with Crippen molar-refractivity contribution in [2.24, 2.45) is 0 Å². The van der Waals surface area contributed by atoms with Crippen LogP contribution in [0.5, 0.6) is 0 Å². The number of anilines is 1. The number of nitrogens with zero attached hydrogens (tertiary/aromatic N) is 7. The molecular formula is C20H20F3N9O. The normalized spacial score (nSPS) is 11.8. The smallest absolute Gasteiger partial charge is 0.337 e. The third kappa shape index (κ3) is 5.25. The van der Waals surface area contributed by atoms with Crippen LogP contribution in [0, 0.1) is 0 Å². The van der Waals surface area contributed by atoms with Gasteiger partial charge in [-0.1, -0.05) is 0 Å². The minimum Gasteiger partial charge on any atom is -0.337 e. The highest BCUT2D eigenvalue weighted by Crippen LogP contribution is 2.31. The number of hydrogen-bond acceptors (Lipinski definition) is 6. The van der Waals surface area contributed by atoms with Gasteiger partial charge in [-0.05, 0) is 37.3 Å². The molecule has 0 aliphatic rings. The number of alkyl halides is 3. The van der Waals surface area contributed by atoms with Gasteiger partial charge in [0, 0.05) is 42.7 Å². The van der Waals surface area contributed by atoms with E-state index in [0.29, 0.717) is 35.6 Å². The number of imidazole rings is 1. The summed E-state index contributed by atoms with van der Waals surface area (Å²) in [7, 11) is 0. The molecule has 0 aliphatic heterocycles. The number of carbonyl (C=O) groups is 1. The number of carbonyl (C=O) groups excluding carboxylic acids is 1. The lowest BCUT2D eigenvalue weighted by atomic mass is 10.1. The molecular weight excluding hydrogens is 439 g/mol. The van der Waals surface area contributed by atoms with E-state index in [-0.39, 0.29) is 11.9 Å². The van der Waals surface area contributed by atoms with Crippen molar-refractivity contribution in [1.82, 2.24) is 39.9 Å². The van der Waals surface area contributed by atoms with Gasteiger partial charge in [0.2, 0.25) is 0 Å². The quantitative estimate of drug-likeness (QED) is 0.457. The second-order valence-corrected chi connectivity index (χ2v) is 7.52. The average Bonchev–Trinajstić information content (AvgIpc) is 3.39. The van der Waals surface area contributed by atoms with Crippen molar-refractivity contribution in [2.75, 3.05) is 11.9 Å². The fraction of sp³-hybridized carbons (Fsp3) is 0.300. The lowest BCUT2D eigenvalue weighted by Gasteiger charge is -2.08. The van der Waals surface area contributed by atoms with E-state index in [2.05, 4.69) is 36.0 Å². The van der Waals surface area contributed by atoms with Crippen molar-refractivity contribution in [3.05, 3.63) is 54.4 Å². The molecule has 4 rings (SSSR count). The molecule has 13 heteroatoms. The first-order chi connectivity index (χ1) is 15.7. The van der Waals surface area contributed by atoms with Crippen LogP contribution in [0.4, 0.5) is 23.8 Å². The molecule has 2 N–H and O–H groups in total. The fourth-order valence-electron chi connectivity index (χ4n) is 3.00. The number of amides is 2. The summed E-state index contributed by atoms with van der Waals surface area (Å²) in [6.07, 6.45) is 1.26. The number of tetrazole rings is 1. The third-order valence-electron chi connectivity index (χ3n) is 4.66. The Morgan fingerprint density at radius 2 is 1.97 bits per heavy atom. The molecule has 4 aromatic rings. The van der Waals surface area contributed by atoms with Crippen LogP contribution in [0.15, 0.2) is 43.0 Å². The van der Waals surface area contributed by atoms with Gasteiger partial charge in [-0.25, -0.2) is 9.78 Å². The molecule has 0 unspecified atom stereocenters. The Balaban J connectivity index is 1.39. The Labute approximate surface area is 185 Å². The maximum absolute atomic E-state index is 13.0. The molecule has 0 spiro atoms. The standard InChI is InChI=1S/C20H20F3N9O/c1-12(2)32-29-16(28-30-32)5-6-25-19(33)27-17-11-31-10-13(3-4-18(31)26-17)14-7-15(9-24-8-14)20(21,22)23/h3-4,7-12H,5-6H2,1-2H3,(H2,25,27,33). The molecule has 0 saturated heterocycles. The first-order valence-electron chi connectivity index (χ1n) is 10.0. The van der Waals surface area contributed by atoms with Crippen molar-refractivity contribution in [3.8, 4) is 11.1 Å². The molecule has 2 amide bonds. The van der Waals surface area contributed by atoms with E-state index in [4.69, 9.17) is 0 Å². The Kier molecular flexibility index (Phi) is 5.94. The molecule has 0 fully saturated rings. The zero-order valence-electron chi connectivity index (χ0n) is 17.7. The van der Waals surface area contributed by atoms with Crippen molar-refractivity contribution in [1.29, 1.82) is 0 Å². The first kappa shape index (κ1) is 22.2. The van der Waals surface area contributed by atoms with Crippen molar-refractivity contribution < 1.29 is 18.0 Å². The maximum atomic E-state index is 13.0. The number of aromatic nitrogens is 7. The molecule has 0 aromatic carbocycles. The second-order valence-electron chi connectivity index (χ2n) is 7.52. The number of hydrogen-bond donors (Lipinski definition) is 2. The van der Waals surface area contributed by atoms with E-state index in [1.807, 2.05) is 13.8 Å². The molecule has 4 aromatic heterocycles. The van der Waals surface area contributed by atoms with E-state index >= 15 is 0 Å². The van der Waals surface area contributed by atoms with Gasteiger partial charge in [-0.15, -0.1) is 10.2 Å². The minimum absolute atomic E-state index is 0.0999. The number of urea groups is 1. The molecule has 10 nitrogen and oxygen atoms in total. The predicted octanol–water partition coefficient (Wildman–Crippen LogP) is 3.35. The summed E-state index contributed by atoms with van der Waals surface area (Å²) >= 11 is 0. The summed E-state index contributed by atoms with van der Waals surface area (Å²) in [5.74, 6) is 0.809. The van der Waals surface area contributed by atoms with Crippen LogP contribution in [0.1, 0.15) is 31.3 Å². The number of rotatable bonds is 6. The zero-order valence-corrected chi connectivity index (χ0v) is 17.7. The monoisotopic (exact) mass is 459 g/mol. The Hall–Kier alpha value is -4.03. The average molecular weight is 459 g/mol. The van der Waals surface area contributed by atoms with Gasteiger partial charge in [0.1, 0.15) is 5.65 Å². The van der Waals surface area contributed by atoms with Gasteiger partial charge < -0.3 is 9.72 Å². The number of pyridine rings is 2. The van der Waals surface area contributed by atoms with Crippen LogP contribution in [-0.2, 0) is 12.6 Å². The predicted molar refractivity (Wildman–Crippen MR) is 112 cm³/mol. The lowest BCUT2D eigenvalue weighted by molar-refractivity contribution is -0.137. The van der Waals surface area contributed by atoms with E-state index in [0.717, 1.165) is 12.3 Å². The van der Waals surface area contributed by atoms with Gasteiger partial charge >= 0.3 is 12.2 Å². The van der Waals surface area contributed by atoms with Crippen LogP contribution in [-0.4, -0.2) is 47.2 Å². The van der Waals surface area contributed by atoms with Gasteiger partial charge in [-0.2, -0.15) is 18.0 Å². The Bertz CT molecular complexity index is 1280. The van der Waals surface area contributed by atoms with Gasteiger partial charge in [-0.3, -0.25) is 10.3 Å². The Morgan fingerprint density at radius 1 is 1.15 bits per heavy atom. The molecule has 33 heavy (non-hydrogen) atoms. The highest BCUT2D eigenvalue weighted by Gasteiger charge is 2.31. The molecule has 172 valence electrons. The molecule has 0 aliphatic carbocycles. The SMILES string of the molecule is CC(C)n1nnc(CCNC(=O)Nc2cn3cc(-c4cncc(C(F)(F)F)c4)ccc3n2)n1. The number of fused-ring (bicyclic) bond motifs is 1. The summed E-state index contributed by atoms with van der Waals surface area (Å²) in [6, 6.07) is 3.95. The molecule has 0 radical (unpaired) electrons. The van der Waals surface area contributed by atoms with Gasteiger partial charge in [0.15, 0.2) is 11.6 Å². The van der Waals surface area contributed by atoms with Crippen molar-refractivity contribution in [3.63, 3.8) is 0 Å². The highest BCUT2D eigenvalue weighted by molar-refractivity contribution is 5.88. The van der Waals surface area contributed by atoms with Crippen molar-refractivity contribution >= 4 is 17.5 Å². The maximum Gasteiger partial charge on any atom is 0.417 e. The largest absolute Gasteiger partial charge is 0.417 e. The van der Waals surface area contributed by atoms with E-state index in [1.165, 1.54) is 11.0 Å². The van der Waals surface area contributed by atoms with Crippen LogP contribution in [0.25, 0.3) is 16.8 Å². The Morgan fingerprint density at radius 3 is 2.70 bits per heavy atom. The molecule has 0 saturated carbocycles. The number of nitrogens with one attached hydrogen (secondary N) is 2. The topological polar surface area (TPSA) is 115 Å². The third-order valence-corrected chi connectivity index (χ3v) is 4.66. The summed E-state index contributed by atoms with van der Waals surface area (Å²) in [6.45, 7) is 4.17. The van der Waals surface area contributed by atoms with Gasteiger partial charge in [0.05, 0.1) is 17.8 Å². The van der Waals surface area contributed by atoms with Crippen molar-refractivity contribution in [2.45, 2.75) is 32.5 Å². The summed E-state index contributed by atoms with van der Waals surface area (Å²) in [5.41, 5.74) is 0.530. The van der Waals surface area contributed by atoms with Crippen LogP contribution in [0.2, 0.25) is 0 Å². The molecule has 0 atom stereocenters. The summed E-state index contributed by atoms with van der Waals surface area (Å²) < 4.78 is 40.5. The molecule has 0 bridgehead atoms. The lowest BCUT2D eigenvalue weighted by Crippen LogP contribution is -2.30. The summed E-state index contributed by atoms with van der Waals surface area (Å²) in [5, 5.41) is 17.4. The zero-order chi connectivity index (χ0) is 23.6. The number of halogens is 3. The van der Waals surface area contributed by atoms with Gasteiger partial charge in [0.25, 0.3) is 0 Å². The van der Waals surface area contributed by atoms with E-state index in [1.54, 1.807) is 28.9 Å². The highest BCUT2D eigenvalue weighted by atomic mass is 19.4. The second kappa shape index (κ2) is 8.84. The van der Waals surface area contributed by atoms with E-state index in [9.17, 15) is 18.0 Å².